The van der Waals surface area contributed by atoms with Crippen LogP contribution in [0.25, 0.3) is 0 Å². The van der Waals surface area contributed by atoms with Crippen molar-refractivity contribution in [3.05, 3.63) is 23.8 Å². The lowest BCUT2D eigenvalue weighted by Crippen LogP contribution is -2.50. The van der Waals surface area contributed by atoms with Crippen LogP contribution in [0.15, 0.2) is 12.1 Å². The molecule has 1 aromatic rings. The number of hydrogen-bond donors (Lipinski definition) is 2. The molecule has 1 atom stereocenters. The van der Waals surface area contributed by atoms with E-state index in [9.17, 15) is 18.4 Å². The summed E-state index contributed by atoms with van der Waals surface area (Å²) in [7, 11) is 0. The van der Waals surface area contributed by atoms with Crippen molar-refractivity contribution in [3.8, 4) is 0 Å². The van der Waals surface area contributed by atoms with E-state index in [0.717, 1.165) is 18.6 Å². The predicted octanol–water partition coefficient (Wildman–Crippen LogP) is 2.03. The molecule has 1 aromatic carbocycles. The average molecular weight is 311 g/mol. The molecule has 1 heterocycles. The Morgan fingerprint density at radius 3 is 2.64 bits per heavy atom. The summed E-state index contributed by atoms with van der Waals surface area (Å²) in [6.07, 6.45) is 1.25. The summed E-state index contributed by atoms with van der Waals surface area (Å²) in [4.78, 5) is 25.5. The molecule has 0 aromatic heterocycles. The minimum atomic E-state index is -1.05. The minimum Gasteiger partial charge on any atom is -0.372 e. The summed E-state index contributed by atoms with van der Waals surface area (Å²) in [6.45, 7) is 4.00. The first-order valence-electron chi connectivity index (χ1n) is 7.31. The number of carbonyl (C=O) groups is 2. The van der Waals surface area contributed by atoms with E-state index in [4.69, 9.17) is 0 Å². The zero-order valence-electron chi connectivity index (χ0n) is 12.6. The maximum absolute atomic E-state index is 13.5. The Kier molecular flexibility index (Phi) is 4.95. The van der Waals surface area contributed by atoms with Crippen molar-refractivity contribution in [2.75, 3.05) is 23.3 Å². The lowest BCUT2D eigenvalue weighted by molar-refractivity contribution is -0.124. The van der Waals surface area contributed by atoms with E-state index in [1.165, 1.54) is 4.90 Å². The molecule has 0 radical (unpaired) electrons. The highest BCUT2D eigenvalue weighted by Gasteiger charge is 2.33. The molecule has 120 valence electrons. The van der Waals surface area contributed by atoms with Gasteiger partial charge in [0.15, 0.2) is 11.6 Å². The predicted molar refractivity (Wildman–Crippen MR) is 79.7 cm³/mol. The van der Waals surface area contributed by atoms with Crippen LogP contribution in [0.5, 0.6) is 0 Å². The Hall–Kier alpha value is -2.18. The van der Waals surface area contributed by atoms with E-state index in [1.54, 1.807) is 6.92 Å². The quantitative estimate of drug-likeness (QED) is 0.874. The molecule has 0 bridgehead atoms. The van der Waals surface area contributed by atoms with E-state index < -0.39 is 17.7 Å². The summed E-state index contributed by atoms with van der Waals surface area (Å²) >= 11 is 0. The molecule has 0 aliphatic carbocycles. The van der Waals surface area contributed by atoms with Gasteiger partial charge in [0.2, 0.25) is 11.8 Å². The molecule has 2 N–H and O–H groups in total. The number of anilines is 2. The summed E-state index contributed by atoms with van der Waals surface area (Å²) in [5.41, 5.74) is 0.494. The van der Waals surface area contributed by atoms with Crippen molar-refractivity contribution in [2.24, 2.45) is 0 Å². The monoisotopic (exact) mass is 311 g/mol. The van der Waals surface area contributed by atoms with Gasteiger partial charge >= 0.3 is 0 Å². The van der Waals surface area contributed by atoms with E-state index in [-0.39, 0.29) is 24.0 Å². The lowest BCUT2D eigenvalue weighted by Gasteiger charge is -2.34. The fourth-order valence-corrected chi connectivity index (χ4v) is 2.34. The third-order valence-electron chi connectivity index (χ3n) is 3.51. The molecule has 1 aliphatic rings. The van der Waals surface area contributed by atoms with Gasteiger partial charge in [-0.25, -0.2) is 8.78 Å². The summed E-state index contributed by atoms with van der Waals surface area (Å²) in [6, 6.07) is 1.39. The summed E-state index contributed by atoms with van der Waals surface area (Å²) in [5.74, 6) is -2.71. The van der Waals surface area contributed by atoms with E-state index in [2.05, 4.69) is 10.6 Å². The molecular formula is C15H19F2N3O2. The van der Waals surface area contributed by atoms with Crippen LogP contribution in [-0.2, 0) is 9.59 Å². The van der Waals surface area contributed by atoms with Crippen LogP contribution < -0.4 is 15.5 Å². The molecule has 22 heavy (non-hydrogen) atoms. The number of nitrogens with zero attached hydrogens (tertiary/aromatic N) is 1. The topological polar surface area (TPSA) is 61.4 Å². The van der Waals surface area contributed by atoms with E-state index in [1.807, 2.05) is 6.92 Å². The van der Waals surface area contributed by atoms with Crippen molar-refractivity contribution in [3.63, 3.8) is 0 Å². The number of halogens is 2. The standard InChI is InChI=1S/C15H19F2N3O2/c1-3-5-18-14(21)8-20-13-7-10(17)9(16)6-12(13)19-11(4-2)15(20)22/h6-7,11,19H,3-5,8H2,1-2H3,(H,18,21). The normalized spacial score (nSPS) is 17.0. The molecule has 1 aliphatic heterocycles. The molecule has 0 fully saturated rings. The summed E-state index contributed by atoms with van der Waals surface area (Å²) in [5, 5.41) is 5.55. The highest BCUT2D eigenvalue weighted by molar-refractivity contribution is 6.07. The Morgan fingerprint density at radius 1 is 1.32 bits per heavy atom. The van der Waals surface area contributed by atoms with E-state index >= 15 is 0 Å². The number of nitrogens with one attached hydrogen (secondary N) is 2. The van der Waals surface area contributed by atoms with Gasteiger partial charge in [0.25, 0.3) is 0 Å². The van der Waals surface area contributed by atoms with Gasteiger partial charge in [0, 0.05) is 18.7 Å². The number of fused-ring (bicyclic) bond motifs is 1. The maximum Gasteiger partial charge on any atom is 0.250 e. The lowest BCUT2D eigenvalue weighted by atomic mass is 10.1. The minimum absolute atomic E-state index is 0.181. The first kappa shape index (κ1) is 16.2. The zero-order chi connectivity index (χ0) is 16.3. The molecule has 5 nitrogen and oxygen atoms in total. The van der Waals surface area contributed by atoms with Crippen molar-refractivity contribution in [1.29, 1.82) is 0 Å². The van der Waals surface area contributed by atoms with Crippen molar-refractivity contribution in [2.45, 2.75) is 32.7 Å². The average Bonchev–Trinajstić information content (AvgIpc) is 2.49. The fourth-order valence-electron chi connectivity index (χ4n) is 2.34. The van der Waals surface area contributed by atoms with Crippen molar-refractivity contribution < 1.29 is 18.4 Å². The first-order valence-corrected chi connectivity index (χ1v) is 7.31. The Bertz CT molecular complexity index is 592. The number of benzene rings is 1. The van der Waals surface area contributed by atoms with Gasteiger partial charge in [0.1, 0.15) is 12.6 Å². The van der Waals surface area contributed by atoms with Crippen LogP contribution in [0.2, 0.25) is 0 Å². The smallest absolute Gasteiger partial charge is 0.250 e. The Morgan fingerprint density at radius 2 is 2.00 bits per heavy atom. The second-order valence-corrected chi connectivity index (χ2v) is 5.16. The molecule has 1 unspecified atom stereocenters. The SMILES string of the molecule is CCCNC(=O)CN1C(=O)C(CC)Nc2cc(F)c(F)cc21. The van der Waals surface area contributed by atoms with Crippen molar-refractivity contribution in [1.82, 2.24) is 5.32 Å². The molecule has 0 spiro atoms. The Labute approximate surface area is 127 Å². The second-order valence-electron chi connectivity index (χ2n) is 5.16. The molecule has 2 rings (SSSR count). The van der Waals surface area contributed by atoms with Gasteiger partial charge in [-0.2, -0.15) is 0 Å². The van der Waals surface area contributed by atoms with Crippen LogP contribution in [0.4, 0.5) is 20.2 Å². The number of carbonyl (C=O) groups excluding carboxylic acids is 2. The van der Waals surface area contributed by atoms with Crippen LogP contribution in [0.3, 0.4) is 0 Å². The fraction of sp³-hybridized carbons (Fsp3) is 0.467. The van der Waals surface area contributed by atoms with E-state index in [0.29, 0.717) is 18.7 Å². The third-order valence-corrected chi connectivity index (χ3v) is 3.51. The highest BCUT2D eigenvalue weighted by atomic mass is 19.2. The number of rotatable bonds is 5. The van der Waals surface area contributed by atoms with Gasteiger partial charge in [0.05, 0.1) is 11.4 Å². The van der Waals surface area contributed by atoms with Gasteiger partial charge in [-0.1, -0.05) is 13.8 Å². The number of hydrogen-bond acceptors (Lipinski definition) is 3. The first-order chi connectivity index (χ1) is 10.5. The largest absolute Gasteiger partial charge is 0.372 e. The van der Waals surface area contributed by atoms with Gasteiger partial charge < -0.3 is 10.6 Å². The molecular weight excluding hydrogens is 292 g/mol. The number of amides is 2. The molecule has 0 saturated carbocycles. The molecule has 7 heteroatoms. The van der Waals surface area contributed by atoms with Crippen LogP contribution in [0, 0.1) is 11.6 Å². The van der Waals surface area contributed by atoms with Crippen LogP contribution in [0.1, 0.15) is 26.7 Å². The van der Waals surface area contributed by atoms with Crippen molar-refractivity contribution >= 4 is 23.2 Å². The zero-order valence-corrected chi connectivity index (χ0v) is 12.6. The Balaban J connectivity index is 2.32. The highest BCUT2D eigenvalue weighted by Crippen LogP contribution is 2.34. The van der Waals surface area contributed by atoms with Crippen LogP contribution >= 0.6 is 0 Å². The maximum atomic E-state index is 13.5. The third kappa shape index (κ3) is 3.18. The summed E-state index contributed by atoms with van der Waals surface area (Å²) < 4.78 is 26.9. The van der Waals surface area contributed by atoms with Gasteiger partial charge in [-0.3, -0.25) is 14.5 Å². The molecule has 0 saturated heterocycles. The second kappa shape index (κ2) is 6.72. The van der Waals surface area contributed by atoms with Crippen LogP contribution in [-0.4, -0.2) is 30.9 Å². The van der Waals surface area contributed by atoms with Gasteiger partial charge in [-0.05, 0) is 12.8 Å². The molecule has 2 amide bonds. The van der Waals surface area contributed by atoms with Gasteiger partial charge in [-0.15, -0.1) is 0 Å².